The Hall–Kier alpha value is -2.28. The minimum absolute atomic E-state index is 0.171. The van der Waals surface area contributed by atoms with Gasteiger partial charge in [-0.1, -0.05) is 13.8 Å². The number of hydrogen-bond donors (Lipinski definition) is 2. The Bertz CT molecular complexity index is 698. The number of thiazole rings is 1. The van der Waals surface area contributed by atoms with Crippen molar-refractivity contribution in [3.8, 4) is 10.6 Å². The van der Waals surface area contributed by atoms with E-state index in [0.29, 0.717) is 22.0 Å². The number of aromatic nitrogens is 2. The van der Waals surface area contributed by atoms with Gasteiger partial charge in [0.15, 0.2) is 0 Å². The number of amides is 1. The minimum Gasteiger partial charge on any atom is -0.480 e. The average Bonchev–Trinajstić information content (AvgIpc) is 2.89. The van der Waals surface area contributed by atoms with Gasteiger partial charge in [-0.05, 0) is 31.4 Å². The maximum Gasteiger partial charge on any atom is 0.326 e. The zero-order valence-corrected chi connectivity index (χ0v) is 14.1. The van der Waals surface area contributed by atoms with Crippen molar-refractivity contribution in [2.45, 2.75) is 33.2 Å². The summed E-state index contributed by atoms with van der Waals surface area (Å²) in [6, 6.07) is 2.77. The Morgan fingerprint density at radius 1 is 1.39 bits per heavy atom. The Kier molecular flexibility index (Phi) is 5.44. The van der Waals surface area contributed by atoms with Crippen molar-refractivity contribution in [2.75, 3.05) is 0 Å². The van der Waals surface area contributed by atoms with Gasteiger partial charge in [0.25, 0.3) is 5.91 Å². The normalized spacial score (nSPS) is 12.2. The highest BCUT2D eigenvalue weighted by molar-refractivity contribution is 7.17. The first kappa shape index (κ1) is 17.1. The van der Waals surface area contributed by atoms with Gasteiger partial charge >= 0.3 is 5.97 Å². The molecule has 0 fully saturated rings. The van der Waals surface area contributed by atoms with Crippen LogP contribution in [0.15, 0.2) is 24.5 Å². The molecule has 0 bridgehead atoms. The van der Waals surface area contributed by atoms with E-state index in [0.717, 1.165) is 5.56 Å². The zero-order chi connectivity index (χ0) is 17.0. The average molecular weight is 333 g/mol. The summed E-state index contributed by atoms with van der Waals surface area (Å²) in [4.78, 5) is 32.5. The smallest absolute Gasteiger partial charge is 0.326 e. The molecular weight excluding hydrogens is 314 g/mol. The van der Waals surface area contributed by atoms with Crippen LogP contribution in [0.2, 0.25) is 0 Å². The Morgan fingerprint density at radius 2 is 2.13 bits per heavy atom. The third kappa shape index (κ3) is 4.35. The Labute approximate surface area is 138 Å². The number of carbonyl (C=O) groups excluding carboxylic acids is 1. The lowest BCUT2D eigenvalue weighted by atomic mass is 10.0. The third-order valence-electron chi connectivity index (χ3n) is 3.22. The molecule has 2 aromatic heterocycles. The summed E-state index contributed by atoms with van der Waals surface area (Å²) in [5.74, 6) is -1.25. The molecule has 1 unspecified atom stereocenters. The van der Waals surface area contributed by atoms with Crippen molar-refractivity contribution in [3.63, 3.8) is 0 Å². The summed E-state index contributed by atoms with van der Waals surface area (Å²) in [6.45, 7) is 5.57. The van der Waals surface area contributed by atoms with Gasteiger partial charge in [-0.3, -0.25) is 9.78 Å². The molecule has 0 aromatic carbocycles. The van der Waals surface area contributed by atoms with Crippen LogP contribution >= 0.6 is 11.3 Å². The van der Waals surface area contributed by atoms with E-state index in [1.54, 1.807) is 25.4 Å². The molecule has 23 heavy (non-hydrogen) atoms. The van der Waals surface area contributed by atoms with Crippen molar-refractivity contribution in [2.24, 2.45) is 5.92 Å². The summed E-state index contributed by atoms with van der Waals surface area (Å²) in [7, 11) is 0. The lowest BCUT2D eigenvalue weighted by Crippen LogP contribution is -2.41. The Morgan fingerprint density at radius 3 is 2.70 bits per heavy atom. The first-order valence-electron chi connectivity index (χ1n) is 7.30. The quantitative estimate of drug-likeness (QED) is 0.848. The molecule has 0 aliphatic heterocycles. The van der Waals surface area contributed by atoms with Crippen LogP contribution < -0.4 is 5.32 Å². The summed E-state index contributed by atoms with van der Waals surface area (Å²) in [6.07, 6.45) is 3.73. The standard InChI is InChI=1S/C16H19N3O3S/c1-9(2)7-12(16(21)22)19-14(20)13-10(3)18-15(23-13)11-5-4-6-17-8-11/h4-6,8-9,12H,7H2,1-3H3,(H,19,20)(H,21,22). The van der Waals surface area contributed by atoms with Crippen LogP contribution in [0.4, 0.5) is 0 Å². The predicted molar refractivity (Wildman–Crippen MR) is 88.4 cm³/mol. The molecular formula is C16H19N3O3S. The largest absolute Gasteiger partial charge is 0.480 e. The number of aryl methyl sites for hydroxylation is 1. The molecule has 1 atom stereocenters. The lowest BCUT2D eigenvalue weighted by Gasteiger charge is -2.15. The number of rotatable bonds is 6. The molecule has 2 rings (SSSR count). The van der Waals surface area contributed by atoms with Crippen molar-refractivity contribution < 1.29 is 14.7 Å². The van der Waals surface area contributed by atoms with Gasteiger partial charge in [0.1, 0.15) is 15.9 Å². The van der Waals surface area contributed by atoms with E-state index in [1.165, 1.54) is 11.3 Å². The van der Waals surface area contributed by atoms with Gasteiger partial charge in [0, 0.05) is 18.0 Å². The fraction of sp³-hybridized carbons (Fsp3) is 0.375. The highest BCUT2D eigenvalue weighted by Gasteiger charge is 2.24. The number of nitrogens with zero attached hydrogens (tertiary/aromatic N) is 2. The number of hydrogen-bond acceptors (Lipinski definition) is 5. The first-order chi connectivity index (χ1) is 10.9. The number of carboxylic acids is 1. The molecule has 2 aromatic rings. The molecule has 0 saturated carbocycles. The van der Waals surface area contributed by atoms with Crippen LogP contribution in [-0.2, 0) is 4.79 Å². The fourth-order valence-corrected chi connectivity index (χ4v) is 3.10. The maximum absolute atomic E-state index is 12.4. The molecule has 122 valence electrons. The second-order valence-electron chi connectivity index (χ2n) is 5.67. The van der Waals surface area contributed by atoms with Crippen LogP contribution in [0, 0.1) is 12.8 Å². The van der Waals surface area contributed by atoms with Crippen molar-refractivity contribution >= 4 is 23.2 Å². The number of carbonyl (C=O) groups is 2. The van der Waals surface area contributed by atoms with Crippen LogP contribution in [0.3, 0.4) is 0 Å². The predicted octanol–water partition coefficient (Wildman–Crippen LogP) is 2.74. The molecule has 1 amide bonds. The second-order valence-corrected chi connectivity index (χ2v) is 6.67. The molecule has 7 heteroatoms. The van der Waals surface area contributed by atoms with E-state index in [-0.39, 0.29) is 5.92 Å². The van der Waals surface area contributed by atoms with Gasteiger partial charge in [-0.15, -0.1) is 11.3 Å². The number of carboxylic acid groups (broad SMARTS) is 1. The topological polar surface area (TPSA) is 92.2 Å². The van der Waals surface area contributed by atoms with E-state index in [4.69, 9.17) is 0 Å². The SMILES string of the molecule is Cc1nc(-c2cccnc2)sc1C(=O)NC(CC(C)C)C(=O)O. The molecule has 2 N–H and O–H groups in total. The molecule has 0 saturated heterocycles. The first-order valence-corrected chi connectivity index (χ1v) is 8.11. The fourth-order valence-electron chi connectivity index (χ4n) is 2.14. The van der Waals surface area contributed by atoms with E-state index in [1.807, 2.05) is 19.9 Å². The zero-order valence-electron chi connectivity index (χ0n) is 13.2. The van der Waals surface area contributed by atoms with Crippen LogP contribution in [0.5, 0.6) is 0 Å². The maximum atomic E-state index is 12.4. The number of nitrogens with one attached hydrogen (secondary N) is 1. The molecule has 2 heterocycles. The van der Waals surface area contributed by atoms with Crippen molar-refractivity contribution in [3.05, 3.63) is 35.1 Å². The summed E-state index contributed by atoms with van der Waals surface area (Å²) in [5, 5.41) is 12.5. The summed E-state index contributed by atoms with van der Waals surface area (Å²) < 4.78 is 0. The van der Waals surface area contributed by atoms with Gasteiger partial charge in [-0.25, -0.2) is 9.78 Å². The Balaban J connectivity index is 2.19. The van der Waals surface area contributed by atoms with Gasteiger partial charge < -0.3 is 10.4 Å². The van der Waals surface area contributed by atoms with Crippen LogP contribution in [0.1, 0.15) is 35.6 Å². The van der Waals surface area contributed by atoms with Crippen molar-refractivity contribution in [1.29, 1.82) is 0 Å². The minimum atomic E-state index is -1.03. The number of pyridine rings is 1. The van der Waals surface area contributed by atoms with E-state index >= 15 is 0 Å². The van der Waals surface area contributed by atoms with Crippen LogP contribution in [-0.4, -0.2) is 33.0 Å². The molecule has 6 nitrogen and oxygen atoms in total. The summed E-state index contributed by atoms with van der Waals surface area (Å²) in [5.41, 5.74) is 1.41. The van der Waals surface area contributed by atoms with Gasteiger partial charge in [0.2, 0.25) is 0 Å². The van der Waals surface area contributed by atoms with Crippen LogP contribution in [0.25, 0.3) is 10.6 Å². The van der Waals surface area contributed by atoms with Crippen molar-refractivity contribution in [1.82, 2.24) is 15.3 Å². The van der Waals surface area contributed by atoms with Gasteiger partial charge in [-0.2, -0.15) is 0 Å². The molecule has 0 radical (unpaired) electrons. The highest BCUT2D eigenvalue weighted by Crippen LogP contribution is 2.27. The number of aliphatic carboxylic acids is 1. The molecule has 0 aliphatic carbocycles. The molecule has 0 spiro atoms. The van der Waals surface area contributed by atoms with Gasteiger partial charge in [0.05, 0.1) is 5.69 Å². The monoisotopic (exact) mass is 333 g/mol. The second kappa shape index (κ2) is 7.32. The molecule has 0 aliphatic rings. The highest BCUT2D eigenvalue weighted by atomic mass is 32.1. The van der Waals surface area contributed by atoms with E-state index in [2.05, 4.69) is 15.3 Å². The third-order valence-corrected chi connectivity index (χ3v) is 4.43. The lowest BCUT2D eigenvalue weighted by molar-refractivity contribution is -0.139. The van der Waals surface area contributed by atoms with E-state index in [9.17, 15) is 14.7 Å². The summed E-state index contributed by atoms with van der Waals surface area (Å²) >= 11 is 1.24. The van der Waals surface area contributed by atoms with E-state index < -0.39 is 17.9 Å².